The number of aliphatic hydroxyl groups is 3. The van der Waals surface area contributed by atoms with Crippen LogP contribution in [0.15, 0.2) is 0 Å². The van der Waals surface area contributed by atoms with Gasteiger partial charge >= 0.3 is 0 Å². The van der Waals surface area contributed by atoms with Crippen LogP contribution in [0.25, 0.3) is 0 Å². The fraction of sp³-hybridized carbons (Fsp3) is 1.00. The summed E-state index contributed by atoms with van der Waals surface area (Å²) < 4.78 is 0. The summed E-state index contributed by atoms with van der Waals surface area (Å²) in [6, 6.07) is 0. The average molecular weight is 163 g/mol. The molecule has 1 aliphatic rings. The van der Waals surface area contributed by atoms with Crippen LogP contribution in [0.1, 0.15) is 19.3 Å². The highest BCUT2D eigenvalue weighted by molar-refractivity contribution is 4.75. The molecule has 1 rings (SSSR count). The molecule has 5 heteroatoms. The molecule has 11 heavy (non-hydrogen) atoms. The summed E-state index contributed by atoms with van der Waals surface area (Å²) in [5.74, 6) is -2.48. The number of rotatable bonds is 0. The third kappa shape index (κ3) is 1.69. The van der Waals surface area contributed by atoms with Crippen molar-refractivity contribution in [1.82, 2.24) is 5.06 Å². The van der Waals surface area contributed by atoms with Crippen molar-refractivity contribution in [3.8, 4) is 0 Å². The Morgan fingerprint density at radius 3 is 2.55 bits per heavy atom. The van der Waals surface area contributed by atoms with Gasteiger partial charge in [-0.2, -0.15) is 0 Å². The first-order valence-electron chi connectivity index (χ1n) is 3.64. The second-order valence-corrected chi connectivity index (χ2v) is 2.82. The molecular formula is C6H13NO4. The summed E-state index contributed by atoms with van der Waals surface area (Å²) in [5.41, 5.74) is 0. The highest BCUT2D eigenvalue weighted by atomic mass is 16.6. The predicted octanol–water partition coefficient (Wildman–Crippen LogP) is -1.14. The normalized spacial score (nSPS) is 33.3. The lowest BCUT2D eigenvalue weighted by Crippen LogP contribution is -2.54. The Morgan fingerprint density at radius 2 is 1.91 bits per heavy atom. The van der Waals surface area contributed by atoms with Crippen LogP contribution in [0.4, 0.5) is 0 Å². The molecule has 0 aliphatic carbocycles. The van der Waals surface area contributed by atoms with Crippen LogP contribution >= 0.6 is 0 Å². The van der Waals surface area contributed by atoms with E-state index in [1.807, 2.05) is 0 Å². The van der Waals surface area contributed by atoms with Gasteiger partial charge in [0.25, 0.3) is 5.91 Å². The van der Waals surface area contributed by atoms with Crippen LogP contribution in [0.3, 0.4) is 0 Å². The van der Waals surface area contributed by atoms with Crippen LogP contribution in [0, 0.1) is 0 Å². The van der Waals surface area contributed by atoms with Crippen molar-refractivity contribution in [2.75, 3.05) is 6.54 Å². The summed E-state index contributed by atoms with van der Waals surface area (Å²) in [4.78, 5) is 0. The highest BCUT2D eigenvalue weighted by Crippen LogP contribution is 2.20. The predicted molar refractivity (Wildman–Crippen MR) is 35.5 cm³/mol. The number of hydrogen-bond acceptors (Lipinski definition) is 5. The van der Waals surface area contributed by atoms with Gasteiger partial charge in [-0.15, -0.1) is 5.06 Å². The smallest absolute Gasteiger partial charge is 0.274 e. The van der Waals surface area contributed by atoms with Crippen molar-refractivity contribution < 1.29 is 20.5 Å². The fourth-order valence-electron chi connectivity index (χ4n) is 1.13. The molecule has 1 heterocycles. The van der Waals surface area contributed by atoms with Crippen molar-refractivity contribution in [1.29, 1.82) is 0 Å². The molecule has 4 N–H and O–H groups in total. The lowest BCUT2D eigenvalue weighted by Gasteiger charge is -2.31. The van der Waals surface area contributed by atoms with Crippen molar-refractivity contribution in [3.05, 3.63) is 0 Å². The first kappa shape index (κ1) is 8.89. The van der Waals surface area contributed by atoms with Crippen LogP contribution in [-0.4, -0.2) is 44.1 Å². The third-order valence-electron chi connectivity index (χ3n) is 1.92. The maximum Gasteiger partial charge on any atom is 0.274 e. The Morgan fingerprint density at radius 1 is 1.27 bits per heavy atom. The quantitative estimate of drug-likeness (QED) is 0.339. The molecule has 66 valence electrons. The van der Waals surface area contributed by atoms with E-state index in [1.54, 1.807) is 0 Å². The van der Waals surface area contributed by atoms with Crippen LogP contribution in [0.2, 0.25) is 0 Å². The first-order chi connectivity index (χ1) is 5.05. The molecule has 1 atom stereocenters. The van der Waals surface area contributed by atoms with Crippen LogP contribution in [0.5, 0.6) is 0 Å². The summed E-state index contributed by atoms with van der Waals surface area (Å²) in [6.07, 6.45) is 0.330. The number of hydroxylamine groups is 2. The summed E-state index contributed by atoms with van der Waals surface area (Å²) >= 11 is 0. The van der Waals surface area contributed by atoms with Crippen molar-refractivity contribution in [3.63, 3.8) is 0 Å². The molecule has 0 saturated carbocycles. The van der Waals surface area contributed by atoms with Gasteiger partial charge in [-0.3, -0.25) is 0 Å². The minimum Gasteiger partial charge on any atom is -0.386 e. The van der Waals surface area contributed by atoms with Gasteiger partial charge in [-0.1, -0.05) is 0 Å². The lowest BCUT2D eigenvalue weighted by molar-refractivity contribution is -0.388. The largest absolute Gasteiger partial charge is 0.386 e. The number of hydrogen-bond donors (Lipinski definition) is 4. The molecule has 0 bridgehead atoms. The molecule has 1 fully saturated rings. The minimum absolute atomic E-state index is 0.171. The van der Waals surface area contributed by atoms with Gasteiger partial charge in [0.1, 0.15) is 6.10 Å². The van der Waals surface area contributed by atoms with Gasteiger partial charge in [0.2, 0.25) is 0 Å². The van der Waals surface area contributed by atoms with Gasteiger partial charge in [0.15, 0.2) is 0 Å². The Bertz CT molecular complexity index is 125. The first-order valence-corrected chi connectivity index (χ1v) is 3.64. The van der Waals surface area contributed by atoms with Gasteiger partial charge in [0.05, 0.1) is 0 Å². The molecule has 0 aromatic carbocycles. The van der Waals surface area contributed by atoms with E-state index in [0.29, 0.717) is 24.3 Å². The molecule has 1 aliphatic heterocycles. The monoisotopic (exact) mass is 163 g/mol. The lowest BCUT2D eigenvalue weighted by atomic mass is 10.1. The van der Waals surface area contributed by atoms with E-state index in [-0.39, 0.29) is 6.54 Å². The van der Waals surface area contributed by atoms with E-state index in [4.69, 9.17) is 20.5 Å². The Labute approximate surface area is 64.4 Å². The van der Waals surface area contributed by atoms with E-state index < -0.39 is 12.0 Å². The van der Waals surface area contributed by atoms with Gasteiger partial charge < -0.3 is 20.5 Å². The van der Waals surface area contributed by atoms with Gasteiger partial charge in [0, 0.05) is 6.54 Å². The zero-order chi connectivity index (χ0) is 8.48. The molecule has 1 saturated heterocycles. The zero-order valence-corrected chi connectivity index (χ0v) is 6.14. The zero-order valence-electron chi connectivity index (χ0n) is 6.14. The average Bonchev–Trinajstić information content (AvgIpc) is 2.03. The third-order valence-corrected chi connectivity index (χ3v) is 1.92. The summed E-state index contributed by atoms with van der Waals surface area (Å²) in [7, 11) is 0. The van der Waals surface area contributed by atoms with Crippen molar-refractivity contribution in [2.45, 2.75) is 31.3 Å². The second-order valence-electron chi connectivity index (χ2n) is 2.82. The fourth-order valence-corrected chi connectivity index (χ4v) is 1.13. The van der Waals surface area contributed by atoms with E-state index in [0.717, 1.165) is 0 Å². The van der Waals surface area contributed by atoms with Crippen molar-refractivity contribution in [2.24, 2.45) is 0 Å². The Hall–Kier alpha value is -0.200. The summed E-state index contributed by atoms with van der Waals surface area (Å²) in [5, 5.41) is 36.6. The van der Waals surface area contributed by atoms with Gasteiger partial charge in [-0.25, -0.2) is 0 Å². The maximum atomic E-state index is 9.09. The van der Waals surface area contributed by atoms with Crippen molar-refractivity contribution >= 4 is 0 Å². The molecular weight excluding hydrogens is 150 g/mol. The number of aliphatic hydroxyl groups excluding tert-OH is 1. The van der Waals surface area contributed by atoms with E-state index in [2.05, 4.69) is 0 Å². The standard InChI is InChI=1S/C6H13NO4/c8-5-3-1-2-4-7(11)6(5,9)10/h5,8-11H,1-4H2. The molecule has 0 aromatic rings. The van der Waals surface area contributed by atoms with E-state index in [9.17, 15) is 0 Å². The Balaban J connectivity index is 2.67. The topological polar surface area (TPSA) is 84.2 Å². The minimum atomic E-state index is -2.48. The number of nitrogens with zero attached hydrogens (tertiary/aromatic N) is 1. The molecule has 0 radical (unpaired) electrons. The highest BCUT2D eigenvalue weighted by Gasteiger charge is 2.40. The van der Waals surface area contributed by atoms with E-state index >= 15 is 0 Å². The molecule has 0 spiro atoms. The molecule has 0 amide bonds. The second kappa shape index (κ2) is 3.04. The maximum absolute atomic E-state index is 9.09. The van der Waals surface area contributed by atoms with Crippen LogP contribution < -0.4 is 0 Å². The SMILES string of the molecule is OC1CCCCN(O)C1(O)O. The summed E-state index contributed by atoms with van der Waals surface area (Å²) in [6.45, 7) is 0.171. The van der Waals surface area contributed by atoms with Gasteiger partial charge in [-0.05, 0) is 19.3 Å². The molecule has 0 aromatic heterocycles. The molecule has 1 unspecified atom stereocenters. The van der Waals surface area contributed by atoms with E-state index in [1.165, 1.54) is 0 Å². The molecule has 5 nitrogen and oxygen atoms in total. The Kier molecular flexibility index (Phi) is 2.46. The van der Waals surface area contributed by atoms with Crippen LogP contribution in [-0.2, 0) is 0 Å².